The van der Waals surface area contributed by atoms with E-state index < -0.39 is 5.97 Å². The van der Waals surface area contributed by atoms with E-state index in [-0.39, 0.29) is 35.3 Å². The van der Waals surface area contributed by atoms with E-state index in [0.29, 0.717) is 11.8 Å². The molecule has 4 nitrogen and oxygen atoms in total. The van der Waals surface area contributed by atoms with Crippen molar-refractivity contribution in [2.75, 3.05) is 0 Å². The van der Waals surface area contributed by atoms with Crippen molar-refractivity contribution in [3.63, 3.8) is 0 Å². The van der Waals surface area contributed by atoms with Gasteiger partial charge in [-0.1, -0.05) is 0 Å². The normalized spacial score (nSPS) is 27.4. The second-order valence-electron chi connectivity index (χ2n) is 3.56. The summed E-state index contributed by atoms with van der Waals surface area (Å²) in [5.41, 5.74) is 2.05. The molecule has 2 aliphatic carbocycles. The van der Waals surface area contributed by atoms with Crippen LogP contribution in [0.1, 0.15) is 34.1 Å². The second kappa shape index (κ2) is 2.83. The Morgan fingerprint density at radius 3 is 3.08 bits per heavy atom. The van der Waals surface area contributed by atoms with Crippen molar-refractivity contribution < 1.29 is 39.5 Å². The first-order chi connectivity index (χ1) is 5.77. The molecule has 3 rings (SSSR count). The van der Waals surface area contributed by atoms with Crippen LogP contribution < -0.4 is 34.7 Å². The first kappa shape index (κ1) is 9.24. The van der Waals surface area contributed by atoms with Crippen LogP contribution >= 0.6 is 0 Å². The number of aromatic carboxylic acids is 1. The standard InChI is InChI=1S/C8H8N2O2.Na/c11-8(12)7-5-2-3-1-4(3)6(5)9-10-7;/h3-4H,1-2H2,(H,9,10)(H,11,12);/q;+1/p-1/t3-,4-;/m1./s1. The fraction of sp³-hybridized carbons (Fsp3) is 0.500. The first-order valence-electron chi connectivity index (χ1n) is 4.06. The maximum atomic E-state index is 10.5. The van der Waals surface area contributed by atoms with Crippen LogP contribution in [0.3, 0.4) is 0 Å². The number of carboxylic acid groups (broad SMARTS) is 1. The number of hydrogen-bond acceptors (Lipinski definition) is 3. The van der Waals surface area contributed by atoms with Gasteiger partial charge < -0.3 is 9.90 Å². The largest absolute Gasteiger partial charge is 1.00 e. The van der Waals surface area contributed by atoms with Gasteiger partial charge in [0, 0.05) is 17.2 Å². The van der Waals surface area contributed by atoms with Crippen molar-refractivity contribution in [2.24, 2.45) is 5.92 Å². The smallest absolute Gasteiger partial charge is 0.543 e. The molecule has 1 heterocycles. The van der Waals surface area contributed by atoms with Gasteiger partial charge in [0.2, 0.25) is 0 Å². The molecule has 2 atom stereocenters. The van der Waals surface area contributed by atoms with Gasteiger partial charge in [-0.2, -0.15) is 5.10 Å². The number of nitrogens with one attached hydrogen (secondary N) is 1. The van der Waals surface area contributed by atoms with Crippen LogP contribution in [0.25, 0.3) is 0 Å². The third kappa shape index (κ3) is 1.16. The fourth-order valence-electron chi connectivity index (χ4n) is 2.15. The van der Waals surface area contributed by atoms with Crippen LogP contribution in [-0.4, -0.2) is 16.2 Å². The summed E-state index contributed by atoms with van der Waals surface area (Å²) in [6, 6.07) is 0. The molecule has 5 heteroatoms. The number of aromatic amines is 1. The maximum Gasteiger partial charge on any atom is 1.00 e. The van der Waals surface area contributed by atoms with Crippen LogP contribution in [-0.2, 0) is 6.42 Å². The maximum absolute atomic E-state index is 10.5. The molecule has 62 valence electrons. The summed E-state index contributed by atoms with van der Waals surface area (Å²) in [6.45, 7) is 0. The van der Waals surface area contributed by atoms with E-state index in [9.17, 15) is 9.90 Å². The minimum Gasteiger partial charge on any atom is -0.543 e. The molecule has 1 saturated carbocycles. The molecular weight excluding hydrogens is 179 g/mol. The number of H-pyrrole nitrogens is 1. The van der Waals surface area contributed by atoms with Gasteiger partial charge >= 0.3 is 29.6 Å². The molecule has 1 fully saturated rings. The van der Waals surface area contributed by atoms with E-state index in [4.69, 9.17) is 0 Å². The molecule has 0 aliphatic heterocycles. The molecule has 0 saturated heterocycles. The van der Waals surface area contributed by atoms with E-state index in [1.54, 1.807) is 0 Å². The summed E-state index contributed by atoms with van der Waals surface area (Å²) in [7, 11) is 0. The number of carbonyl (C=O) groups excluding carboxylic acids is 1. The SMILES string of the molecule is O=C([O-])c1n[nH]c2c1C[C@H]1C[C@@H]21.[Na+]. The first-order valence-corrected chi connectivity index (χ1v) is 4.06. The number of nitrogens with zero attached hydrogens (tertiary/aromatic N) is 1. The van der Waals surface area contributed by atoms with Gasteiger partial charge in [-0.05, 0) is 18.8 Å². The minimum absolute atomic E-state index is 0. The predicted molar refractivity (Wildman–Crippen MR) is 37.5 cm³/mol. The third-order valence-electron chi connectivity index (χ3n) is 2.85. The van der Waals surface area contributed by atoms with Gasteiger partial charge in [0.25, 0.3) is 0 Å². The van der Waals surface area contributed by atoms with Crippen molar-refractivity contribution in [2.45, 2.75) is 18.8 Å². The molecule has 2 aliphatic rings. The zero-order chi connectivity index (χ0) is 8.29. The monoisotopic (exact) mass is 186 g/mol. The van der Waals surface area contributed by atoms with E-state index >= 15 is 0 Å². The molecule has 0 bridgehead atoms. The van der Waals surface area contributed by atoms with Gasteiger partial charge in [0.05, 0.1) is 5.97 Å². The summed E-state index contributed by atoms with van der Waals surface area (Å²) in [5.74, 6) is 0.0988. The molecule has 0 amide bonds. The summed E-state index contributed by atoms with van der Waals surface area (Å²) in [6.07, 6.45) is 2.07. The Hall–Kier alpha value is -0.320. The van der Waals surface area contributed by atoms with Gasteiger partial charge in [-0.25, -0.2) is 0 Å². The number of carboxylic acids is 1. The van der Waals surface area contributed by atoms with Crippen LogP contribution in [0.2, 0.25) is 0 Å². The Bertz CT molecular complexity index is 374. The fourth-order valence-corrected chi connectivity index (χ4v) is 2.15. The Balaban J connectivity index is 0.000000653. The zero-order valence-corrected chi connectivity index (χ0v) is 9.33. The Labute approximate surface area is 97.0 Å². The van der Waals surface area contributed by atoms with Gasteiger partial charge in [0.15, 0.2) is 0 Å². The van der Waals surface area contributed by atoms with Gasteiger partial charge in [0.1, 0.15) is 5.69 Å². The number of carbonyl (C=O) groups is 1. The topological polar surface area (TPSA) is 68.8 Å². The molecule has 0 unspecified atom stereocenters. The number of rotatable bonds is 1. The number of hydrogen-bond donors (Lipinski definition) is 1. The molecule has 0 aromatic carbocycles. The van der Waals surface area contributed by atoms with E-state index in [2.05, 4.69) is 10.2 Å². The van der Waals surface area contributed by atoms with Crippen molar-refractivity contribution >= 4 is 5.97 Å². The van der Waals surface area contributed by atoms with Crippen LogP contribution in [0.5, 0.6) is 0 Å². The van der Waals surface area contributed by atoms with Crippen LogP contribution in [0, 0.1) is 5.92 Å². The minimum atomic E-state index is -1.16. The Morgan fingerprint density at radius 2 is 2.38 bits per heavy atom. The molecule has 0 spiro atoms. The van der Waals surface area contributed by atoms with E-state index in [0.717, 1.165) is 17.7 Å². The van der Waals surface area contributed by atoms with Crippen molar-refractivity contribution in [3.05, 3.63) is 17.0 Å². The molecule has 1 aromatic heterocycles. The second-order valence-corrected chi connectivity index (χ2v) is 3.56. The summed E-state index contributed by atoms with van der Waals surface area (Å²) < 4.78 is 0. The molecule has 13 heavy (non-hydrogen) atoms. The van der Waals surface area contributed by atoms with E-state index in [1.807, 2.05) is 0 Å². The Kier molecular flexibility index (Phi) is 2.02. The zero-order valence-electron chi connectivity index (χ0n) is 7.33. The number of fused-ring (bicyclic) bond motifs is 3. The summed E-state index contributed by atoms with van der Waals surface area (Å²) >= 11 is 0. The van der Waals surface area contributed by atoms with Crippen molar-refractivity contribution in [1.29, 1.82) is 0 Å². The molecule has 0 radical (unpaired) electrons. The average Bonchev–Trinajstić information content (AvgIpc) is 2.54. The van der Waals surface area contributed by atoms with Gasteiger partial charge in [-0.15, -0.1) is 0 Å². The molecule has 1 N–H and O–H groups in total. The predicted octanol–water partition coefficient (Wildman–Crippen LogP) is -3.56. The average molecular weight is 186 g/mol. The Morgan fingerprint density at radius 1 is 1.62 bits per heavy atom. The quantitative estimate of drug-likeness (QED) is 0.461. The third-order valence-corrected chi connectivity index (χ3v) is 2.85. The summed E-state index contributed by atoms with van der Waals surface area (Å²) in [4.78, 5) is 10.5. The molecule has 1 aromatic rings. The number of aromatic nitrogens is 2. The van der Waals surface area contributed by atoms with Crippen molar-refractivity contribution in [1.82, 2.24) is 10.2 Å². The molecular formula is C8H7N2NaO2. The van der Waals surface area contributed by atoms with Crippen LogP contribution in [0.4, 0.5) is 0 Å². The van der Waals surface area contributed by atoms with Gasteiger partial charge in [-0.3, -0.25) is 5.10 Å². The summed E-state index contributed by atoms with van der Waals surface area (Å²) in [5, 5.41) is 17.1. The van der Waals surface area contributed by atoms with Crippen LogP contribution in [0.15, 0.2) is 0 Å². The van der Waals surface area contributed by atoms with Crippen molar-refractivity contribution in [3.8, 4) is 0 Å². The van der Waals surface area contributed by atoms with E-state index in [1.165, 1.54) is 6.42 Å².